The standard InChI is InChI=1S/C15H19FN2O3/c1-11(19)17-9-4-10-18-15(21)8-7-14(20)12-5-2-3-6-13(12)16/h2-3,5-6H,4,7-10H2,1H3,(H,17,19)(H,18,21). The van der Waals surface area contributed by atoms with Crippen LogP contribution in [0.15, 0.2) is 24.3 Å². The molecule has 0 radical (unpaired) electrons. The van der Waals surface area contributed by atoms with Crippen molar-refractivity contribution in [2.24, 2.45) is 0 Å². The van der Waals surface area contributed by atoms with Crippen molar-refractivity contribution < 1.29 is 18.8 Å². The van der Waals surface area contributed by atoms with E-state index < -0.39 is 5.82 Å². The lowest BCUT2D eigenvalue weighted by Gasteiger charge is -2.06. The van der Waals surface area contributed by atoms with Gasteiger partial charge in [-0.1, -0.05) is 12.1 Å². The first-order valence-electron chi connectivity index (χ1n) is 6.79. The first-order valence-corrected chi connectivity index (χ1v) is 6.79. The van der Waals surface area contributed by atoms with Gasteiger partial charge in [-0.25, -0.2) is 4.39 Å². The van der Waals surface area contributed by atoms with Gasteiger partial charge < -0.3 is 10.6 Å². The van der Waals surface area contributed by atoms with Crippen LogP contribution in [-0.4, -0.2) is 30.7 Å². The largest absolute Gasteiger partial charge is 0.356 e. The van der Waals surface area contributed by atoms with Crippen molar-refractivity contribution in [1.82, 2.24) is 10.6 Å². The fourth-order valence-electron chi connectivity index (χ4n) is 1.72. The van der Waals surface area contributed by atoms with E-state index in [9.17, 15) is 18.8 Å². The molecule has 2 N–H and O–H groups in total. The lowest BCUT2D eigenvalue weighted by molar-refractivity contribution is -0.121. The van der Waals surface area contributed by atoms with Crippen LogP contribution >= 0.6 is 0 Å². The molecule has 0 saturated carbocycles. The van der Waals surface area contributed by atoms with Crippen molar-refractivity contribution >= 4 is 17.6 Å². The van der Waals surface area contributed by atoms with Crippen LogP contribution in [0.4, 0.5) is 4.39 Å². The predicted octanol–water partition coefficient (Wildman–Crippen LogP) is 1.43. The van der Waals surface area contributed by atoms with Gasteiger partial charge in [0.25, 0.3) is 0 Å². The zero-order chi connectivity index (χ0) is 15.7. The Morgan fingerprint density at radius 2 is 1.71 bits per heavy atom. The van der Waals surface area contributed by atoms with E-state index in [0.717, 1.165) is 0 Å². The third kappa shape index (κ3) is 6.65. The van der Waals surface area contributed by atoms with Gasteiger partial charge in [0.2, 0.25) is 11.8 Å². The zero-order valence-corrected chi connectivity index (χ0v) is 11.9. The molecule has 0 atom stereocenters. The molecule has 0 heterocycles. The van der Waals surface area contributed by atoms with E-state index in [1.807, 2.05) is 0 Å². The fourth-order valence-corrected chi connectivity index (χ4v) is 1.72. The number of halogens is 1. The number of rotatable bonds is 8. The Balaban J connectivity index is 2.22. The highest BCUT2D eigenvalue weighted by Gasteiger charge is 2.12. The van der Waals surface area contributed by atoms with Gasteiger partial charge in [0.15, 0.2) is 5.78 Å². The molecule has 0 saturated heterocycles. The Kier molecular flexibility index (Phi) is 7.08. The average molecular weight is 294 g/mol. The second kappa shape index (κ2) is 8.84. The van der Waals surface area contributed by atoms with Crippen molar-refractivity contribution in [3.8, 4) is 0 Å². The highest BCUT2D eigenvalue weighted by Crippen LogP contribution is 2.10. The summed E-state index contributed by atoms with van der Waals surface area (Å²) in [7, 11) is 0. The quantitative estimate of drug-likeness (QED) is 0.562. The molecule has 0 unspecified atom stereocenters. The van der Waals surface area contributed by atoms with Crippen molar-refractivity contribution in [3.63, 3.8) is 0 Å². The summed E-state index contributed by atoms with van der Waals surface area (Å²) in [6, 6.07) is 5.71. The molecule has 114 valence electrons. The highest BCUT2D eigenvalue weighted by atomic mass is 19.1. The Hall–Kier alpha value is -2.24. The van der Waals surface area contributed by atoms with E-state index >= 15 is 0 Å². The molecular weight excluding hydrogens is 275 g/mol. The third-order valence-corrected chi connectivity index (χ3v) is 2.80. The lowest BCUT2D eigenvalue weighted by atomic mass is 10.1. The van der Waals surface area contributed by atoms with Crippen molar-refractivity contribution in [1.29, 1.82) is 0 Å². The summed E-state index contributed by atoms with van der Waals surface area (Å²) in [5.41, 5.74) is 0.0101. The molecule has 0 aromatic heterocycles. The minimum atomic E-state index is -0.571. The first-order chi connectivity index (χ1) is 10.0. The first kappa shape index (κ1) is 16.8. The summed E-state index contributed by atoms with van der Waals surface area (Å²) < 4.78 is 13.4. The van der Waals surface area contributed by atoms with Crippen LogP contribution in [-0.2, 0) is 9.59 Å². The number of ketones is 1. The summed E-state index contributed by atoms with van der Waals surface area (Å²) >= 11 is 0. The maximum atomic E-state index is 13.4. The Bertz CT molecular complexity index is 517. The third-order valence-electron chi connectivity index (χ3n) is 2.80. The number of hydrogen-bond donors (Lipinski definition) is 2. The van der Waals surface area contributed by atoms with Gasteiger partial charge in [0.05, 0.1) is 5.56 Å². The normalized spacial score (nSPS) is 10.0. The molecule has 1 rings (SSSR count). The molecule has 1 aromatic carbocycles. The van der Waals surface area contributed by atoms with Gasteiger partial charge in [-0.05, 0) is 18.6 Å². The lowest BCUT2D eigenvalue weighted by Crippen LogP contribution is -2.29. The molecule has 2 amide bonds. The summed E-state index contributed by atoms with van der Waals surface area (Å²) in [5.74, 6) is -1.33. The Morgan fingerprint density at radius 3 is 2.38 bits per heavy atom. The second-order valence-electron chi connectivity index (χ2n) is 4.59. The number of benzene rings is 1. The van der Waals surface area contributed by atoms with Crippen LogP contribution in [0.3, 0.4) is 0 Å². The summed E-state index contributed by atoms with van der Waals surface area (Å²) in [6.45, 7) is 2.34. The molecule has 0 aliphatic rings. The molecule has 6 heteroatoms. The van der Waals surface area contributed by atoms with E-state index in [1.165, 1.54) is 25.1 Å². The monoisotopic (exact) mass is 294 g/mol. The molecule has 1 aromatic rings. The Labute approximate surface area is 122 Å². The van der Waals surface area contributed by atoms with Gasteiger partial charge >= 0.3 is 0 Å². The topological polar surface area (TPSA) is 75.3 Å². The van der Waals surface area contributed by atoms with Crippen LogP contribution in [0.5, 0.6) is 0 Å². The smallest absolute Gasteiger partial charge is 0.220 e. The molecule has 0 fully saturated rings. The summed E-state index contributed by atoms with van der Waals surface area (Å²) in [6.07, 6.45) is 0.609. The van der Waals surface area contributed by atoms with Gasteiger partial charge in [-0.15, -0.1) is 0 Å². The van der Waals surface area contributed by atoms with Crippen LogP contribution in [0.2, 0.25) is 0 Å². The molecule has 21 heavy (non-hydrogen) atoms. The number of carbonyl (C=O) groups excluding carboxylic acids is 3. The van der Waals surface area contributed by atoms with E-state index in [-0.39, 0.29) is 36.0 Å². The van der Waals surface area contributed by atoms with Crippen LogP contribution in [0, 0.1) is 5.82 Å². The number of carbonyl (C=O) groups is 3. The van der Waals surface area contributed by atoms with Gasteiger partial charge in [-0.2, -0.15) is 0 Å². The maximum absolute atomic E-state index is 13.4. The number of nitrogens with one attached hydrogen (secondary N) is 2. The van der Waals surface area contributed by atoms with Gasteiger partial charge in [0, 0.05) is 32.9 Å². The molecule has 0 spiro atoms. The number of amides is 2. The highest BCUT2D eigenvalue weighted by molar-refractivity contribution is 5.98. The van der Waals surface area contributed by atoms with E-state index in [0.29, 0.717) is 19.5 Å². The van der Waals surface area contributed by atoms with Crippen LogP contribution in [0.25, 0.3) is 0 Å². The van der Waals surface area contributed by atoms with E-state index in [1.54, 1.807) is 6.07 Å². The SMILES string of the molecule is CC(=O)NCCCNC(=O)CCC(=O)c1ccccc1F. The fraction of sp³-hybridized carbons (Fsp3) is 0.400. The van der Waals surface area contributed by atoms with Crippen molar-refractivity contribution in [2.45, 2.75) is 26.2 Å². The number of Topliss-reactive ketones (excluding diaryl/α,β-unsaturated/α-hetero) is 1. The van der Waals surface area contributed by atoms with Crippen molar-refractivity contribution in [2.75, 3.05) is 13.1 Å². The Morgan fingerprint density at radius 1 is 1.05 bits per heavy atom. The van der Waals surface area contributed by atoms with Gasteiger partial charge in [-0.3, -0.25) is 14.4 Å². The number of hydrogen-bond acceptors (Lipinski definition) is 3. The second-order valence-corrected chi connectivity index (χ2v) is 4.59. The predicted molar refractivity (Wildman–Crippen MR) is 76.3 cm³/mol. The molecule has 0 aliphatic heterocycles. The summed E-state index contributed by atoms with van der Waals surface area (Å²) in [5, 5.41) is 5.25. The average Bonchev–Trinajstić information content (AvgIpc) is 2.44. The minimum Gasteiger partial charge on any atom is -0.356 e. The zero-order valence-electron chi connectivity index (χ0n) is 11.9. The summed E-state index contributed by atoms with van der Waals surface area (Å²) in [4.78, 5) is 33.9. The molecule has 0 bridgehead atoms. The molecule has 0 aliphatic carbocycles. The van der Waals surface area contributed by atoms with E-state index in [4.69, 9.17) is 0 Å². The van der Waals surface area contributed by atoms with E-state index in [2.05, 4.69) is 10.6 Å². The maximum Gasteiger partial charge on any atom is 0.220 e. The van der Waals surface area contributed by atoms with Crippen LogP contribution < -0.4 is 10.6 Å². The van der Waals surface area contributed by atoms with Gasteiger partial charge in [0.1, 0.15) is 5.82 Å². The van der Waals surface area contributed by atoms with Crippen molar-refractivity contribution in [3.05, 3.63) is 35.6 Å². The van der Waals surface area contributed by atoms with Crippen LogP contribution in [0.1, 0.15) is 36.5 Å². The minimum absolute atomic E-state index is 0.0101. The molecular formula is C15H19FN2O3. The molecule has 5 nitrogen and oxygen atoms in total.